The molecule has 1 atom stereocenters. The molecule has 27 heavy (non-hydrogen) atoms. The Balaban J connectivity index is 1.79. The second kappa shape index (κ2) is 6.64. The number of benzene rings is 2. The minimum absolute atomic E-state index is 0.0155. The normalized spacial score (nSPS) is 21.2. The molecule has 4 rings (SSSR count). The van der Waals surface area contributed by atoms with Gasteiger partial charge in [0, 0.05) is 35.9 Å². The number of hydrogen-bond donors (Lipinski definition) is 0. The van der Waals surface area contributed by atoms with E-state index in [4.69, 9.17) is 0 Å². The SMILES string of the molecule is CCC(=O)N1CCS[C@@]12C(=O)N(Cc1ccc(F)cc1F)c1ccccc12. The van der Waals surface area contributed by atoms with E-state index in [0.717, 1.165) is 11.6 Å². The van der Waals surface area contributed by atoms with Crippen LogP contribution in [0, 0.1) is 11.6 Å². The Morgan fingerprint density at radius 2 is 2.00 bits per heavy atom. The molecule has 0 unspecified atom stereocenters. The van der Waals surface area contributed by atoms with Gasteiger partial charge in [0.15, 0.2) is 4.87 Å². The van der Waals surface area contributed by atoms with Gasteiger partial charge in [-0.3, -0.25) is 9.59 Å². The summed E-state index contributed by atoms with van der Waals surface area (Å²) in [5.41, 5.74) is 1.64. The van der Waals surface area contributed by atoms with Crippen molar-refractivity contribution in [3.63, 3.8) is 0 Å². The van der Waals surface area contributed by atoms with Crippen molar-refractivity contribution in [2.75, 3.05) is 17.2 Å². The fourth-order valence-electron chi connectivity index (χ4n) is 3.79. The number of rotatable bonds is 3. The van der Waals surface area contributed by atoms with Crippen molar-refractivity contribution in [3.8, 4) is 0 Å². The van der Waals surface area contributed by atoms with Crippen molar-refractivity contribution in [2.45, 2.75) is 24.8 Å². The highest BCUT2D eigenvalue weighted by Crippen LogP contribution is 2.54. The zero-order valence-corrected chi connectivity index (χ0v) is 15.6. The molecule has 0 aliphatic carbocycles. The molecule has 140 valence electrons. The van der Waals surface area contributed by atoms with E-state index in [1.54, 1.807) is 17.9 Å². The van der Waals surface area contributed by atoms with Gasteiger partial charge in [-0.05, 0) is 12.1 Å². The predicted molar refractivity (Wildman–Crippen MR) is 100 cm³/mol. The van der Waals surface area contributed by atoms with Crippen LogP contribution in [-0.4, -0.2) is 29.0 Å². The minimum Gasteiger partial charge on any atom is -0.315 e. The molecule has 0 radical (unpaired) electrons. The van der Waals surface area contributed by atoms with Gasteiger partial charge in [-0.25, -0.2) is 8.78 Å². The van der Waals surface area contributed by atoms with Crippen molar-refractivity contribution in [3.05, 3.63) is 65.2 Å². The first-order valence-electron chi connectivity index (χ1n) is 8.79. The van der Waals surface area contributed by atoms with Crippen LogP contribution in [0.2, 0.25) is 0 Å². The lowest BCUT2D eigenvalue weighted by atomic mass is 10.1. The van der Waals surface area contributed by atoms with Gasteiger partial charge in [-0.15, -0.1) is 11.8 Å². The third-order valence-electron chi connectivity index (χ3n) is 5.05. The molecule has 1 fully saturated rings. The number of nitrogens with zero attached hydrogens (tertiary/aromatic N) is 2. The Kier molecular flexibility index (Phi) is 4.42. The highest BCUT2D eigenvalue weighted by Gasteiger charge is 2.59. The molecule has 2 aliphatic rings. The van der Waals surface area contributed by atoms with Crippen LogP contribution in [-0.2, 0) is 21.0 Å². The first-order valence-corrected chi connectivity index (χ1v) is 9.77. The fraction of sp³-hybridized carbons (Fsp3) is 0.300. The van der Waals surface area contributed by atoms with E-state index in [2.05, 4.69) is 0 Å². The average Bonchev–Trinajstić information content (AvgIpc) is 3.20. The second-order valence-electron chi connectivity index (χ2n) is 6.54. The number of carbonyl (C=O) groups excluding carboxylic acids is 2. The summed E-state index contributed by atoms with van der Waals surface area (Å²) in [5.74, 6) is -1.03. The van der Waals surface area contributed by atoms with Gasteiger partial charge >= 0.3 is 0 Å². The number of amides is 2. The topological polar surface area (TPSA) is 40.6 Å². The number of fused-ring (bicyclic) bond motifs is 2. The zero-order valence-electron chi connectivity index (χ0n) is 14.7. The third-order valence-corrected chi connectivity index (χ3v) is 6.47. The number of para-hydroxylation sites is 1. The van der Waals surface area contributed by atoms with Crippen LogP contribution in [0.5, 0.6) is 0 Å². The summed E-state index contributed by atoms with van der Waals surface area (Å²) < 4.78 is 27.4. The van der Waals surface area contributed by atoms with Gasteiger partial charge in [0.2, 0.25) is 5.91 Å². The van der Waals surface area contributed by atoms with Crippen molar-refractivity contribution in [1.82, 2.24) is 4.90 Å². The molecule has 2 aromatic carbocycles. The fourth-order valence-corrected chi connectivity index (χ4v) is 5.27. The second-order valence-corrected chi connectivity index (χ2v) is 7.82. The number of halogens is 2. The minimum atomic E-state index is -1.10. The maximum Gasteiger partial charge on any atom is 0.268 e. The van der Waals surface area contributed by atoms with Gasteiger partial charge < -0.3 is 9.80 Å². The van der Waals surface area contributed by atoms with Gasteiger partial charge in [0.25, 0.3) is 5.91 Å². The van der Waals surface area contributed by atoms with Crippen LogP contribution in [0.15, 0.2) is 42.5 Å². The zero-order chi connectivity index (χ0) is 19.2. The standard InChI is InChI=1S/C20H18F2N2O2S/c1-2-18(25)24-9-10-27-20(24)15-5-3-4-6-17(15)23(19(20)26)12-13-7-8-14(21)11-16(13)22/h3-8,11H,2,9-10,12H2,1H3/t20-/m0/s1. The monoisotopic (exact) mass is 388 g/mol. The van der Waals surface area contributed by atoms with Gasteiger partial charge in [-0.1, -0.05) is 31.2 Å². The summed E-state index contributed by atoms with van der Waals surface area (Å²) in [4.78, 5) is 28.1. The number of anilines is 1. The largest absolute Gasteiger partial charge is 0.315 e. The molecule has 4 nitrogen and oxygen atoms in total. The van der Waals surface area contributed by atoms with Crippen molar-refractivity contribution >= 4 is 29.3 Å². The number of thioether (sulfide) groups is 1. The number of carbonyl (C=O) groups is 2. The molecule has 2 aromatic rings. The summed E-state index contributed by atoms with van der Waals surface area (Å²) in [6.45, 7) is 2.25. The summed E-state index contributed by atoms with van der Waals surface area (Å²) in [5, 5.41) is 0. The molecular formula is C20H18F2N2O2S. The van der Waals surface area contributed by atoms with Crippen molar-refractivity contribution in [2.24, 2.45) is 0 Å². The van der Waals surface area contributed by atoms with E-state index in [1.807, 2.05) is 18.2 Å². The molecule has 1 saturated heterocycles. The average molecular weight is 388 g/mol. The Bertz CT molecular complexity index is 936. The lowest BCUT2D eigenvalue weighted by molar-refractivity contribution is -0.139. The molecule has 0 saturated carbocycles. The summed E-state index contributed by atoms with van der Waals surface area (Å²) in [6, 6.07) is 10.6. The lowest BCUT2D eigenvalue weighted by Gasteiger charge is -2.33. The highest BCUT2D eigenvalue weighted by atomic mass is 32.2. The van der Waals surface area contributed by atoms with Crippen LogP contribution >= 0.6 is 11.8 Å². The molecule has 0 N–H and O–H groups in total. The molecule has 2 heterocycles. The molecule has 1 spiro atoms. The van der Waals surface area contributed by atoms with Crippen LogP contribution < -0.4 is 4.90 Å². The maximum absolute atomic E-state index is 14.2. The van der Waals surface area contributed by atoms with E-state index in [9.17, 15) is 18.4 Å². The van der Waals surface area contributed by atoms with E-state index in [0.29, 0.717) is 24.4 Å². The van der Waals surface area contributed by atoms with Crippen LogP contribution in [0.3, 0.4) is 0 Å². The van der Waals surface area contributed by atoms with Crippen LogP contribution in [0.4, 0.5) is 14.5 Å². The van der Waals surface area contributed by atoms with E-state index >= 15 is 0 Å². The van der Waals surface area contributed by atoms with Crippen LogP contribution in [0.25, 0.3) is 0 Å². The maximum atomic E-state index is 14.2. The molecule has 2 aliphatic heterocycles. The van der Waals surface area contributed by atoms with E-state index in [1.165, 1.54) is 28.8 Å². The lowest BCUT2D eigenvalue weighted by Crippen LogP contribution is -2.50. The molecular weight excluding hydrogens is 370 g/mol. The van der Waals surface area contributed by atoms with E-state index in [-0.39, 0.29) is 23.9 Å². The summed E-state index contributed by atoms with van der Waals surface area (Å²) >= 11 is 1.44. The first-order chi connectivity index (χ1) is 13.0. The van der Waals surface area contributed by atoms with Gasteiger partial charge in [0.05, 0.1) is 12.2 Å². The van der Waals surface area contributed by atoms with Gasteiger partial charge in [-0.2, -0.15) is 0 Å². The van der Waals surface area contributed by atoms with Crippen molar-refractivity contribution < 1.29 is 18.4 Å². The van der Waals surface area contributed by atoms with Gasteiger partial charge in [0.1, 0.15) is 11.6 Å². The molecule has 0 bridgehead atoms. The Labute approximate surface area is 160 Å². The summed E-state index contributed by atoms with van der Waals surface area (Å²) in [7, 11) is 0. The molecule has 7 heteroatoms. The highest BCUT2D eigenvalue weighted by molar-refractivity contribution is 8.01. The Morgan fingerprint density at radius 3 is 2.74 bits per heavy atom. The summed E-state index contributed by atoms with van der Waals surface area (Å²) in [6.07, 6.45) is 0.310. The molecule has 0 aromatic heterocycles. The van der Waals surface area contributed by atoms with Crippen LogP contribution in [0.1, 0.15) is 24.5 Å². The smallest absolute Gasteiger partial charge is 0.268 e. The first kappa shape index (κ1) is 18.0. The number of hydrogen-bond acceptors (Lipinski definition) is 3. The van der Waals surface area contributed by atoms with E-state index < -0.39 is 16.5 Å². The third kappa shape index (κ3) is 2.64. The Morgan fingerprint density at radius 1 is 1.22 bits per heavy atom. The van der Waals surface area contributed by atoms with Crippen molar-refractivity contribution in [1.29, 1.82) is 0 Å². The predicted octanol–water partition coefficient (Wildman–Crippen LogP) is 3.65. The quantitative estimate of drug-likeness (QED) is 0.806. The Hall–Kier alpha value is -2.41. The molecule has 2 amide bonds.